The van der Waals surface area contributed by atoms with Gasteiger partial charge in [-0.1, -0.05) is 24.3 Å². The predicted octanol–water partition coefficient (Wildman–Crippen LogP) is 0.579. The molecule has 1 N–H and O–H groups in total. The first-order chi connectivity index (χ1) is 10.6. The molecule has 22 heavy (non-hydrogen) atoms. The minimum absolute atomic E-state index is 0.235. The van der Waals surface area contributed by atoms with Gasteiger partial charge in [-0.15, -0.1) is 0 Å². The number of para-hydroxylation sites is 1. The van der Waals surface area contributed by atoms with Crippen LogP contribution < -0.4 is 5.32 Å². The highest BCUT2D eigenvalue weighted by atomic mass is 16.2. The van der Waals surface area contributed by atoms with Gasteiger partial charge in [0.1, 0.15) is 5.69 Å². The first-order valence-corrected chi connectivity index (χ1v) is 7.13. The van der Waals surface area contributed by atoms with Crippen LogP contribution in [0.4, 0.5) is 0 Å². The number of rotatable bonds is 1. The zero-order valence-electron chi connectivity index (χ0n) is 11.7. The Labute approximate surface area is 126 Å². The number of fused-ring (bicyclic) bond motifs is 2. The van der Waals surface area contributed by atoms with Crippen LogP contribution in [0.1, 0.15) is 10.5 Å². The molecule has 3 heterocycles. The number of likely N-dealkylation sites (tertiary alicyclic amines) is 1. The second-order valence-electron chi connectivity index (χ2n) is 5.67. The first kappa shape index (κ1) is 12.9. The van der Waals surface area contributed by atoms with E-state index in [1.54, 1.807) is 11.0 Å². The van der Waals surface area contributed by atoms with Crippen molar-refractivity contribution in [3.8, 4) is 0 Å². The van der Waals surface area contributed by atoms with E-state index in [9.17, 15) is 14.4 Å². The fraction of sp³-hybridized carbons (Fsp3) is 0.250. The number of pyridine rings is 1. The summed E-state index contributed by atoms with van der Waals surface area (Å²) in [5.74, 6) is -1.64. The van der Waals surface area contributed by atoms with E-state index in [0.29, 0.717) is 5.69 Å². The third kappa shape index (κ3) is 1.88. The molecule has 0 radical (unpaired) electrons. The van der Waals surface area contributed by atoms with Gasteiger partial charge >= 0.3 is 0 Å². The predicted molar refractivity (Wildman–Crippen MR) is 77.8 cm³/mol. The first-order valence-electron chi connectivity index (χ1n) is 7.13. The second-order valence-corrected chi connectivity index (χ2v) is 5.67. The fourth-order valence-electron chi connectivity index (χ4n) is 3.15. The molecule has 0 unspecified atom stereocenters. The molecule has 6 heteroatoms. The zero-order chi connectivity index (χ0) is 15.3. The molecule has 0 bridgehead atoms. The Morgan fingerprint density at radius 2 is 1.73 bits per heavy atom. The van der Waals surface area contributed by atoms with Crippen molar-refractivity contribution in [1.82, 2.24) is 15.2 Å². The summed E-state index contributed by atoms with van der Waals surface area (Å²) in [7, 11) is 0. The third-order valence-corrected chi connectivity index (χ3v) is 4.34. The van der Waals surface area contributed by atoms with E-state index < -0.39 is 11.8 Å². The van der Waals surface area contributed by atoms with Gasteiger partial charge < -0.3 is 4.90 Å². The molecule has 2 atom stereocenters. The average Bonchev–Trinajstić information content (AvgIpc) is 3.08. The van der Waals surface area contributed by atoms with Crippen molar-refractivity contribution in [3.63, 3.8) is 0 Å². The Kier molecular flexibility index (Phi) is 2.72. The van der Waals surface area contributed by atoms with Gasteiger partial charge in [0.2, 0.25) is 11.8 Å². The molecule has 2 saturated heterocycles. The average molecular weight is 295 g/mol. The lowest BCUT2D eigenvalue weighted by atomic mass is 10.00. The molecule has 6 nitrogen and oxygen atoms in total. The normalized spacial score (nSPS) is 23.7. The van der Waals surface area contributed by atoms with Gasteiger partial charge in [0, 0.05) is 18.5 Å². The highest BCUT2D eigenvalue weighted by Crippen LogP contribution is 2.29. The van der Waals surface area contributed by atoms with E-state index in [4.69, 9.17) is 0 Å². The standard InChI is InChI=1S/C16H13N3O3/c20-14-10-7-19(8-11(10)15(21)18-14)16(22)13-6-5-9-3-1-2-4-12(9)17-13/h1-6,10-11H,7-8H2,(H,18,20,21)/t10-,11+. The van der Waals surface area contributed by atoms with Crippen LogP contribution in [0.25, 0.3) is 10.9 Å². The van der Waals surface area contributed by atoms with Crippen molar-refractivity contribution >= 4 is 28.6 Å². The van der Waals surface area contributed by atoms with Crippen molar-refractivity contribution in [3.05, 3.63) is 42.1 Å². The highest BCUT2D eigenvalue weighted by Gasteiger charge is 2.49. The van der Waals surface area contributed by atoms with Crippen LogP contribution in [0.2, 0.25) is 0 Å². The van der Waals surface area contributed by atoms with Crippen molar-refractivity contribution < 1.29 is 14.4 Å². The van der Waals surface area contributed by atoms with Crippen LogP contribution in [-0.2, 0) is 9.59 Å². The summed E-state index contributed by atoms with van der Waals surface area (Å²) < 4.78 is 0. The monoisotopic (exact) mass is 295 g/mol. The maximum atomic E-state index is 12.6. The summed E-state index contributed by atoms with van der Waals surface area (Å²) in [6.45, 7) is 0.547. The molecule has 1 aromatic carbocycles. The topological polar surface area (TPSA) is 79.4 Å². The van der Waals surface area contributed by atoms with Crippen molar-refractivity contribution in [2.24, 2.45) is 11.8 Å². The maximum Gasteiger partial charge on any atom is 0.272 e. The Morgan fingerprint density at radius 1 is 1.05 bits per heavy atom. The molecule has 2 aromatic rings. The summed E-state index contributed by atoms with van der Waals surface area (Å²) >= 11 is 0. The van der Waals surface area contributed by atoms with Gasteiger partial charge in [-0.3, -0.25) is 19.7 Å². The number of carbonyl (C=O) groups is 3. The van der Waals surface area contributed by atoms with E-state index in [-0.39, 0.29) is 30.8 Å². The minimum atomic E-state index is -0.420. The largest absolute Gasteiger partial charge is 0.336 e. The van der Waals surface area contributed by atoms with Gasteiger partial charge in [-0.2, -0.15) is 0 Å². The molecule has 2 fully saturated rings. The quantitative estimate of drug-likeness (QED) is 0.781. The van der Waals surface area contributed by atoms with Gasteiger partial charge in [-0.25, -0.2) is 4.98 Å². The molecule has 0 aliphatic carbocycles. The van der Waals surface area contributed by atoms with E-state index in [0.717, 1.165) is 10.9 Å². The number of nitrogens with one attached hydrogen (secondary N) is 1. The van der Waals surface area contributed by atoms with Gasteiger partial charge in [0.25, 0.3) is 5.91 Å². The number of hydrogen-bond acceptors (Lipinski definition) is 4. The smallest absolute Gasteiger partial charge is 0.272 e. The number of nitrogens with zero attached hydrogens (tertiary/aromatic N) is 2. The van der Waals surface area contributed by atoms with Crippen LogP contribution in [0.15, 0.2) is 36.4 Å². The number of amides is 3. The number of benzene rings is 1. The number of hydrogen-bond donors (Lipinski definition) is 1. The summed E-state index contributed by atoms with van der Waals surface area (Å²) in [6, 6.07) is 11.1. The molecule has 3 amide bonds. The van der Waals surface area contributed by atoms with Crippen molar-refractivity contribution in [2.75, 3.05) is 13.1 Å². The summed E-state index contributed by atoms with van der Waals surface area (Å²) in [5, 5.41) is 3.28. The van der Waals surface area contributed by atoms with Crippen LogP contribution in [0.3, 0.4) is 0 Å². The number of aromatic nitrogens is 1. The Bertz CT molecular complexity index is 795. The Balaban J connectivity index is 1.61. The van der Waals surface area contributed by atoms with Gasteiger partial charge in [0.05, 0.1) is 17.4 Å². The highest BCUT2D eigenvalue weighted by molar-refractivity contribution is 6.07. The number of imide groups is 1. The molecule has 2 aliphatic rings. The Morgan fingerprint density at radius 3 is 2.45 bits per heavy atom. The lowest BCUT2D eigenvalue weighted by Gasteiger charge is -2.16. The van der Waals surface area contributed by atoms with E-state index in [2.05, 4.69) is 10.3 Å². The molecule has 0 spiro atoms. The van der Waals surface area contributed by atoms with Gasteiger partial charge in [-0.05, 0) is 12.1 Å². The SMILES string of the molecule is O=C1NC(=O)[C@@H]2CN(C(=O)c3ccc4ccccc4n3)C[C@H]12. The lowest BCUT2D eigenvalue weighted by Crippen LogP contribution is -2.35. The van der Waals surface area contributed by atoms with E-state index in [1.807, 2.05) is 30.3 Å². The molecular formula is C16H13N3O3. The summed E-state index contributed by atoms with van der Waals surface area (Å²) in [6.07, 6.45) is 0. The van der Waals surface area contributed by atoms with E-state index in [1.165, 1.54) is 0 Å². The molecule has 4 rings (SSSR count). The van der Waals surface area contributed by atoms with Crippen LogP contribution in [-0.4, -0.2) is 40.7 Å². The lowest BCUT2D eigenvalue weighted by molar-refractivity contribution is -0.126. The molecule has 2 aliphatic heterocycles. The number of carbonyl (C=O) groups excluding carboxylic acids is 3. The third-order valence-electron chi connectivity index (χ3n) is 4.34. The fourth-order valence-corrected chi connectivity index (χ4v) is 3.15. The van der Waals surface area contributed by atoms with E-state index >= 15 is 0 Å². The second kappa shape index (κ2) is 4.62. The zero-order valence-corrected chi connectivity index (χ0v) is 11.7. The minimum Gasteiger partial charge on any atom is -0.336 e. The van der Waals surface area contributed by atoms with Crippen LogP contribution in [0.5, 0.6) is 0 Å². The van der Waals surface area contributed by atoms with Crippen molar-refractivity contribution in [1.29, 1.82) is 0 Å². The summed E-state index contributed by atoms with van der Waals surface area (Å²) in [5.41, 5.74) is 1.09. The van der Waals surface area contributed by atoms with Crippen LogP contribution >= 0.6 is 0 Å². The van der Waals surface area contributed by atoms with Gasteiger partial charge in [0.15, 0.2) is 0 Å². The molecule has 0 saturated carbocycles. The summed E-state index contributed by atoms with van der Waals surface area (Å²) in [4.78, 5) is 41.8. The molecule has 1 aromatic heterocycles. The molecule has 110 valence electrons. The van der Waals surface area contributed by atoms with Crippen molar-refractivity contribution in [2.45, 2.75) is 0 Å². The Hall–Kier alpha value is -2.76. The molecular weight excluding hydrogens is 282 g/mol. The maximum absolute atomic E-state index is 12.6. The van der Waals surface area contributed by atoms with Crippen LogP contribution in [0, 0.1) is 11.8 Å².